The van der Waals surface area contributed by atoms with Gasteiger partial charge in [0.1, 0.15) is 4.90 Å². The standard InChI is InChI=1S/C14H23NO4S2/c1-5-19-12-6-11(14(12,3)4)15-21(17,18)13-9(2)8-20-10(13)7-16/h8,11-12,15-16H,5-7H2,1-4H3. The zero-order valence-corrected chi connectivity index (χ0v) is 14.5. The van der Waals surface area contributed by atoms with Gasteiger partial charge in [-0.1, -0.05) is 13.8 Å². The highest BCUT2D eigenvalue weighted by Gasteiger charge is 2.50. The number of hydrogen-bond acceptors (Lipinski definition) is 5. The first-order chi connectivity index (χ1) is 9.74. The smallest absolute Gasteiger partial charge is 0.242 e. The van der Waals surface area contributed by atoms with Crippen LogP contribution in [0.3, 0.4) is 0 Å². The van der Waals surface area contributed by atoms with E-state index in [1.54, 1.807) is 12.3 Å². The van der Waals surface area contributed by atoms with Gasteiger partial charge in [0.15, 0.2) is 0 Å². The normalized spacial score (nSPS) is 24.8. The van der Waals surface area contributed by atoms with E-state index in [2.05, 4.69) is 4.72 Å². The van der Waals surface area contributed by atoms with Crippen molar-refractivity contribution in [2.45, 2.75) is 57.8 Å². The van der Waals surface area contributed by atoms with Crippen LogP contribution >= 0.6 is 11.3 Å². The van der Waals surface area contributed by atoms with Gasteiger partial charge in [0.25, 0.3) is 0 Å². The molecule has 21 heavy (non-hydrogen) atoms. The predicted molar refractivity (Wildman–Crippen MR) is 82.9 cm³/mol. The molecule has 0 saturated heterocycles. The summed E-state index contributed by atoms with van der Waals surface area (Å²) < 4.78 is 33.6. The van der Waals surface area contributed by atoms with E-state index < -0.39 is 10.0 Å². The molecule has 0 bridgehead atoms. The average molecular weight is 333 g/mol. The Balaban J connectivity index is 2.18. The molecule has 5 nitrogen and oxygen atoms in total. The molecule has 0 aromatic carbocycles. The third-order valence-electron chi connectivity index (χ3n) is 4.24. The molecule has 120 valence electrons. The highest BCUT2D eigenvalue weighted by atomic mass is 32.2. The first-order valence-corrected chi connectivity index (χ1v) is 9.42. The molecule has 1 aliphatic carbocycles. The Labute approximate surface area is 130 Å². The number of rotatable bonds is 6. The monoisotopic (exact) mass is 333 g/mol. The fourth-order valence-electron chi connectivity index (χ4n) is 2.77. The minimum absolute atomic E-state index is 0.0797. The van der Waals surface area contributed by atoms with Crippen LogP contribution < -0.4 is 4.72 Å². The summed E-state index contributed by atoms with van der Waals surface area (Å²) in [6.07, 6.45) is 0.758. The fraction of sp³-hybridized carbons (Fsp3) is 0.714. The van der Waals surface area contributed by atoms with Gasteiger partial charge in [0, 0.05) is 18.1 Å². The first-order valence-electron chi connectivity index (χ1n) is 7.05. The molecule has 2 atom stereocenters. The molecule has 1 saturated carbocycles. The van der Waals surface area contributed by atoms with Crippen LogP contribution in [0.1, 0.15) is 37.6 Å². The first kappa shape index (κ1) is 16.9. The number of aliphatic hydroxyl groups excluding tert-OH is 1. The largest absolute Gasteiger partial charge is 0.391 e. The van der Waals surface area contributed by atoms with E-state index in [-0.39, 0.29) is 29.1 Å². The van der Waals surface area contributed by atoms with Crippen LogP contribution in [0, 0.1) is 12.3 Å². The Morgan fingerprint density at radius 3 is 2.71 bits per heavy atom. The van der Waals surface area contributed by atoms with Gasteiger partial charge in [-0.25, -0.2) is 13.1 Å². The van der Waals surface area contributed by atoms with Crippen molar-refractivity contribution in [1.29, 1.82) is 0 Å². The maximum Gasteiger partial charge on any atom is 0.242 e. The maximum atomic E-state index is 12.6. The summed E-state index contributed by atoms with van der Waals surface area (Å²) in [6.45, 7) is 8.08. The Bertz CT molecular complexity index is 606. The summed E-state index contributed by atoms with van der Waals surface area (Å²) in [5.74, 6) is 0. The summed E-state index contributed by atoms with van der Waals surface area (Å²) in [5.41, 5.74) is 0.446. The van der Waals surface area contributed by atoms with Crippen LogP contribution in [0.2, 0.25) is 0 Å². The van der Waals surface area contributed by atoms with E-state index in [0.29, 0.717) is 23.5 Å². The third-order valence-corrected chi connectivity index (χ3v) is 7.16. The summed E-state index contributed by atoms with van der Waals surface area (Å²) >= 11 is 1.27. The van der Waals surface area contributed by atoms with Gasteiger partial charge in [0.05, 0.1) is 17.6 Å². The minimum Gasteiger partial charge on any atom is -0.391 e. The molecule has 2 unspecified atom stereocenters. The van der Waals surface area contributed by atoms with E-state index in [4.69, 9.17) is 4.74 Å². The molecular formula is C14H23NO4S2. The van der Waals surface area contributed by atoms with Gasteiger partial charge in [-0.2, -0.15) is 0 Å². The molecule has 1 aromatic heterocycles. The van der Waals surface area contributed by atoms with Gasteiger partial charge in [0.2, 0.25) is 10.0 Å². The number of aryl methyl sites for hydroxylation is 1. The number of nitrogens with one attached hydrogen (secondary N) is 1. The van der Waals surface area contributed by atoms with Gasteiger partial charge in [-0.15, -0.1) is 11.3 Å². The van der Waals surface area contributed by atoms with Crippen LogP contribution in [-0.2, 0) is 21.4 Å². The van der Waals surface area contributed by atoms with Crippen LogP contribution in [0.25, 0.3) is 0 Å². The van der Waals surface area contributed by atoms with E-state index in [1.165, 1.54) is 11.3 Å². The SMILES string of the molecule is CCOC1CC(NS(=O)(=O)c2c(C)csc2CO)C1(C)C. The zero-order chi connectivity index (χ0) is 15.8. The summed E-state index contributed by atoms with van der Waals surface area (Å²) in [4.78, 5) is 0.712. The van der Waals surface area contributed by atoms with E-state index in [0.717, 1.165) is 0 Å². The number of aliphatic hydroxyl groups is 1. The highest BCUT2D eigenvalue weighted by molar-refractivity contribution is 7.89. The summed E-state index contributed by atoms with van der Waals surface area (Å²) in [7, 11) is -3.62. The minimum atomic E-state index is -3.62. The third kappa shape index (κ3) is 3.03. The molecule has 7 heteroatoms. The van der Waals surface area contributed by atoms with Crippen molar-refractivity contribution < 1.29 is 18.3 Å². The summed E-state index contributed by atoms with van der Waals surface area (Å²) in [6, 6.07) is -0.148. The molecule has 0 amide bonds. The Hall–Kier alpha value is -0.470. The van der Waals surface area contributed by atoms with E-state index in [9.17, 15) is 13.5 Å². The van der Waals surface area contributed by atoms with Gasteiger partial charge < -0.3 is 9.84 Å². The number of hydrogen-bond donors (Lipinski definition) is 2. The molecule has 2 N–H and O–H groups in total. The van der Waals surface area contributed by atoms with Crippen molar-refractivity contribution in [3.05, 3.63) is 15.8 Å². The van der Waals surface area contributed by atoms with Crippen molar-refractivity contribution in [2.24, 2.45) is 5.41 Å². The molecule has 0 radical (unpaired) electrons. The van der Waals surface area contributed by atoms with Crippen molar-refractivity contribution in [1.82, 2.24) is 4.72 Å². The van der Waals surface area contributed by atoms with Crippen molar-refractivity contribution in [3.8, 4) is 0 Å². The van der Waals surface area contributed by atoms with Gasteiger partial charge in [-0.05, 0) is 31.2 Å². The Morgan fingerprint density at radius 1 is 1.52 bits per heavy atom. The lowest BCUT2D eigenvalue weighted by Crippen LogP contribution is -2.62. The Morgan fingerprint density at radius 2 is 2.19 bits per heavy atom. The fourth-order valence-corrected chi connectivity index (χ4v) is 5.84. The van der Waals surface area contributed by atoms with Gasteiger partial charge >= 0.3 is 0 Å². The number of ether oxygens (including phenoxy) is 1. The maximum absolute atomic E-state index is 12.6. The quantitative estimate of drug-likeness (QED) is 0.835. The second kappa shape index (κ2) is 5.96. The topological polar surface area (TPSA) is 75.6 Å². The number of sulfonamides is 1. The molecule has 1 fully saturated rings. The highest BCUT2D eigenvalue weighted by Crippen LogP contribution is 2.43. The van der Waals surface area contributed by atoms with Gasteiger partial charge in [-0.3, -0.25) is 0 Å². The molecule has 1 aromatic rings. The predicted octanol–water partition coefficient (Wildman–Crippen LogP) is 2.03. The number of thiophene rings is 1. The molecule has 2 rings (SSSR count). The lowest BCUT2D eigenvalue weighted by atomic mass is 9.65. The van der Waals surface area contributed by atoms with Crippen LogP contribution in [0.5, 0.6) is 0 Å². The van der Waals surface area contributed by atoms with E-state index in [1.807, 2.05) is 20.8 Å². The van der Waals surface area contributed by atoms with E-state index >= 15 is 0 Å². The van der Waals surface area contributed by atoms with Crippen molar-refractivity contribution in [2.75, 3.05) is 6.61 Å². The molecule has 0 aliphatic heterocycles. The zero-order valence-electron chi connectivity index (χ0n) is 12.8. The Kier molecular flexibility index (Phi) is 4.80. The second-order valence-corrected chi connectivity index (χ2v) is 8.62. The summed E-state index contributed by atoms with van der Waals surface area (Å²) in [5, 5.41) is 11.1. The van der Waals surface area contributed by atoms with Crippen molar-refractivity contribution in [3.63, 3.8) is 0 Å². The van der Waals surface area contributed by atoms with Crippen LogP contribution in [0.15, 0.2) is 10.3 Å². The molecule has 0 spiro atoms. The lowest BCUT2D eigenvalue weighted by molar-refractivity contribution is -0.108. The van der Waals surface area contributed by atoms with Crippen molar-refractivity contribution >= 4 is 21.4 Å². The van der Waals surface area contributed by atoms with Crippen LogP contribution in [-0.4, -0.2) is 32.3 Å². The van der Waals surface area contributed by atoms with Crippen LogP contribution in [0.4, 0.5) is 0 Å². The molecule has 1 heterocycles. The lowest BCUT2D eigenvalue weighted by Gasteiger charge is -2.51. The second-order valence-electron chi connectivity index (χ2n) is 6.00. The average Bonchev–Trinajstić information content (AvgIpc) is 2.79. The molecule has 1 aliphatic rings. The molecular weight excluding hydrogens is 310 g/mol.